The van der Waals surface area contributed by atoms with Crippen molar-refractivity contribution in [1.82, 2.24) is 9.62 Å². The smallest absolute Gasteiger partial charge is 0.251 e. The topological polar surface area (TPSA) is 164 Å². The number of sulfonamides is 1. The zero-order chi connectivity index (χ0) is 28.2. The van der Waals surface area contributed by atoms with Gasteiger partial charge in [-0.25, -0.2) is 8.42 Å². The first kappa shape index (κ1) is 29.0. The number of allylic oxidation sites excluding steroid dienone is 2. The van der Waals surface area contributed by atoms with E-state index < -0.39 is 45.9 Å². The predicted molar refractivity (Wildman–Crippen MR) is 147 cm³/mol. The van der Waals surface area contributed by atoms with E-state index in [4.69, 9.17) is 9.47 Å². The van der Waals surface area contributed by atoms with Crippen molar-refractivity contribution in [3.63, 3.8) is 0 Å². The van der Waals surface area contributed by atoms with Gasteiger partial charge in [0.1, 0.15) is 36.2 Å². The van der Waals surface area contributed by atoms with Gasteiger partial charge in [-0.05, 0) is 47.0 Å². The van der Waals surface area contributed by atoms with Crippen LogP contribution in [0.3, 0.4) is 0 Å². The van der Waals surface area contributed by atoms with Crippen LogP contribution in [0.15, 0.2) is 53.6 Å². The number of rotatable bonds is 9. The van der Waals surface area contributed by atoms with E-state index in [1.807, 2.05) is 30.3 Å². The average Bonchev–Trinajstić information content (AvgIpc) is 2.93. The number of hydrogen-bond donors (Lipinski definition) is 5. The molecule has 0 aromatic heterocycles. The van der Waals surface area contributed by atoms with E-state index in [1.54, 1.807) is 12.1 Å². The number of morpholine rings is 1. The summed E-state index contributed by atoms with van der Waals surface area (Å²) in [5, 5.41) is 44.8. The molecule has 0 aliphatic carbocycles. The summed E-state index contributed by atoms with van der Waals surface area (Å²) >= 11 is 0. The second kappa shape index (κ2) is 12.4. The zero-order valence-corrected chi connectivity index (χ0v) is 22.5. The molecule has 5 N–H and O–H groups in total. The van der Waals surface area contributed by atoms with Crippen LogP contribution in [-0.4, -0.2) is 99.0 Å². The SMILES string of the molecule is C=C1O[C@H](CO)[C@@H](O)[C@H](O)[C@H]1NS(=O)(=O)/C(C#N)=C(\C)c1ccc2cc(NCCN3CCOCC3)ccc2c1. The Kier molecular flexibility index (Phi) is 9.24. The van der Waals surface area contributed by atoms with E-state index in [2.05, 4.69) is 21.5 Å². The van der Waals surface area contributed by atoms with Gasteiger partial charge in [-0.15, -0.1) is 0 Å². The molecule has 0 bridgehead atoms. The van der Waals surface area contributed by atoms with Gasteiger partial charge >= 0.3 is 0 Å². The Morgan fingerprint density at radius 3 is 2.54 bits per heavy atom. The summed E-state index contributed by atoms with van der Waals surface area (Å²) in [5.74, 6) is -0.176. The van der Waals surface area contributed by atoms with E-state index in [1.165, 1.54) is 6.92 Å². The maximum Gasteiger partial charge on any atom is 0.251 e. The molecule has 4 atom stereocenters. The summed E-state index contributed by atoms with van der Waals surface area (Å²) in [6.07, 6.45) is -4.32. The van der Waals surface area contributed by atoms with Crippen LogP contribution in [0.2, 0.25) is 0 Å². The van der Waals surface area contributed by atoms with E-state index in [9.17, 15) is 29.0 Å². The Balaban J connectivity index is 1.50. The van der Waals surface area contributed by atoms with Crippen LogP contribution in [0.25, 0.3) is 16.3 Å². The lowest BCUT2D eigenvalue weighted by atomic mass is 9.97. The predicted octanol–water partition coefficient (Wildman–Crippen LogP) is 0.753. The molecule has 2 aliphatic heterocycles. The average molecular weight is 559 g/mol. The van der Waals surface area contributed by atoms with Gasteiger partial charge in [-0.2, -0.15) is 9.98 Å². The lowest BCUT2D eigenvalue weighted by Crippen LogP contribution is -2.58. The third-order valence-corrected chi connectivity index (χ3v) is 8.53. The van der Waals surface area contributed by atoms with Gasteiger partial charge in [0.2, 0.25) is 0 Å². The third kappa shape index (κ3) is 6.59. The second-order valence-electron chi connectivity index (χ2n) is 9.61. The second-order valence-corrected chi connectivity index (χ2v) is 11.3. The number of nitrogens with zero attached hydrogens (tertiary/aromatic N) is 2. The summed E-state index contributed by atoms with van der Waals surface area (Å²) in [6.45, 7) is 9.63. The highest BCUT2D eigenvalue weighted by Crippen LogP contribution is 2.29. The molecular weight excluding hydrogens is 524 g/mol. The van der Waals surface area contributed by atoms with Crippen LogP contribution in [-0.2, 0) is 19.5 Å². The highest BCUT2D eigenvalue weighted by atomic mass is 32.2. The molecule has 0 amide bonds. The molecule has 2 aromatic rings. The van der Waals surface area contributed by atoms with Crippen LogP contribution in [0.5, 0.6) is 0 Å². The number of aliphatic hydroxyl groups is 3. The zero-order valence-electron chi connectivity index (χ0n) is 21.7. The van der Waals surface area contributed by atoms with E-state index in [0.717, 1.165) is 55.9 Å². The van der Waals surface area contributed by atoms with Crippen molar-refractivity contribution < 1.29 is 33.2 Å². The van der Waals surface area contributed by atoms with Gasteiger partial charge in [-0.1, -0.05) is 24.8 Å². The van der Waals surface area contributed by atoms with Gasteiger partial charge in [0.05, 0.1) is 19.8 Å². The van der Waals surface area contributed by atoms with Crippen LogP contribution in [0.4, 0.5) is 5.69 Å². The molecule has 11 nitrogen and oxygen atoms in total. The largest absolute Gasteiger partial charge is 0.488 e. The number of anilines is 1. The first-order valence-corrected chi connectivity index (χ1v) is 14.2. The highest BCUT2D eigenvalue weighted by Gasteiger charge is 2.43. The maximum absolute atomic E-state index is 13.2. The van der Waals surface area contributed by atoms with E-state index in [-0.39, 0.29) is 11.3 Å². The number of nitriles is 1. The van der Waals surface area contributed by atoms with Crippen molar-refractivity contribution >= 4 is 32.1 Å². The molecule has 0 saturated carbocycles. The number of hydrogen-bond acceptors (Lipinski definition) is 10. The summed E-state index contributed by atoms with van der Waals surface area (Å²) in [5.41, 5.74) is 1.72. The molecule has 0 unspecified atom stereocenters. The lowest BCUT2D eigenvalue weighted by molar-refractivity contribution is -0.130. The minimum Gasteiger partial charge on any atom is -0.488 e. The minimum absolute atomic E-state index is 0.176. The molecule has 2 aromatic carbocycles. The van der Waals surface area contributed by atoms with Crippen LogP contribution >= 0.6 is 0 Å². The van der Waals surface area contributed by atoms with Crippen molar-refractivity contribution in [3.8, 4) is 6.07 Å². The number of fused-ring (bicyclic) bond motifs is 1. The van der Waals surface area contributed by atoms with E-state index in [0.29, 0.717) is 5.56 Å². The summed E-state index contributed by atoms with van der Waals surface area (Å²) in [7, 11) is -4.44. The number of aliphatic hydroxyl groups excluding tert-OH is 3. The maximum atomic E-state index is 13.2. The van der Waals surface area contributed by atoms with E-state index >= 15 is 0 Å². The van der Waals surface area contributed by atoms with Crippen LogP contribution < -0.4 is 10.0 Å². The molecule has 2 aliphatic rings. The van der Waals surface area contributed by atoms with Gasteiger partial charge in [0, 0.05) is 31.9 Å². The molecule has 39 heavy (non-hydrogen) atoms. The Labute approximate surface area is 228 Å². The molecule has 4 rings (SSSR count). The molecule has 2 saturated heterocycles. The Bertz CT molecular complexity index is 1380. The minimum atomic E-state index is -4.44. The molecule has 12 heteroatoms. The van der Waals surface area contributed by atoms with Gasteiger partial charge in [0.25, 0.3) is 10.0 Å². The number of benzene rings is 2. The Morgan fingerprint density at radius 2 is 1.85 bits per heavy atom. The highest BCUT2D eigenvalue weighted by molar-refractivity contribution is 7.93. The summed E-state index contributed by atoms with van der Waals surface area (Å²) < 4.78 is 39.2. The fourth-order valence-corrected chi connectivity index (χ4v) is 6.06. The standard InChI is InChI=1S/C27H34N4O7S/c1-17(24(15-28)39(35,36)30-25-18(2)38-23(16-32)26(33)27(25)34)19-3-4-21-14-22(6-5-20(21)13-19)29-7-8-31-9-11-37-12-10-31/h3-6,13-14,23,25-27,29-30,32-34H,2,7-12,16H2,1H3/b24-17+/t23-,25+,26-,27-/m1/s1. The van der Waals surface area contributed by atoms with Crippen LogP contribution in [0, 0.1) is 11.3 Å². The van der Waals surface area contributed by atoms with Gasteiger partial charge < -0.3 is 30.1 Å². The summed E-state index contributed by atoms with van der Waals surface area (Å²) in [6, 6.07) is 11.7. The first-order chi connectivity index (χ1) is 18.6. The number of ether oxygens (including phenoxy) is 2. The fourth-order valence-electron chi connectivity index (χ4n) is 4.70. The number of nitrogens with one attached hydrogen (secondary N) is 2. The first-order valence-electron chi connectivity index (χ1n) is 12.7. The molecule has 210 valence electrons. The molecular formula is C27H34N4O7S. The lowest BCUT2D eigenvalue weighted by Gasteiger charge is -2.38. The van der Waals surface area contributed by atoms with Gasteiger partial charge in [0.15, 0.2) is 4.91 Å². The third-order valence-electron chi connectivity index (χ3n) is 7.03. The molecule has 2 heterocycles. The van der Waals surface area contributed by atoms with Crippen molar-refractivity contribution in [2.45, 2.75) is 31.3 Å². The van der Waals surface area contributed by atoms with Crippen molar-refractivity contribution in [3.05, 3.63) is 59.2 Å². The van der Waals surface area contributed by atoms with Crippen molar-refractivity contribution in [1.29, 1.82) is 5.26 Å². The van der Waals surface area contributed by atoms with Crippen LogP contribution in [0.1, 0.15) is 12.5 Å². The molecule has 0 radical (unpaired) electrons. The van der Waals surface area contributed by atoms with Crippen molar-refractivity contribution in [2.24, 2.45) is 0 Å². The normalized spacial score (nSPS) is 25.1. The van der Waals surface area contributed by atoms with Gasteiger partial charge in [-0.3, -0.25) is 4.90 Å². The quantitative estimate of drug-likeness (QED) is 0.278. The molecule has 2 fully saturated rings. The summed E-state index contributed by atoms with van der Waals surface area (Å²) in [4.78, 5) is 1.81. The molecule has 0 spiro atoms. The van der Waals surface area contributed by atoms with Crippen molar-refractivity contribution in [2.75, 3.05) is 51.3 Å². The Hall–Kier alpha value is -3.02. The monoisotopic (exact) mass is 558 g/mol. The Morgan fingerprint density at radius 1 is 1.15 bits per heavy atom. The fraction of sp³-hybridized carbons (Fsp3) is 0.444.